The molecule has 5 nitrogen and oxygen atoms in total. The van der Waals surface area contributed by atoms with E-state index in [-0.39, 0.29) is 40.9 Å². The van der Waals surface area contributed by atoms with Crippen molar-refractivity contribution in [2.24, 2.45) is 34.2 Å². The third-order valence-corrected chi connectivity index (χ3v) is 8.63. The number of carbonyl (C=O) groups excluding carboxylic acids is 2. The van der Waals surface area contributed by atoms with Crippen molar-refractivity contribution in [1.29, 1.82) is 0 Å². The number of fused-ring (bicyclic) bond motifs is 4. The van der Waals surface area contributed by atoms with Crippen LogP contribution in [0.25, 0.3) is 10.9 Å². The highest BCUT2D eigenvalue weighted by atomic mass is 35.5. The van der Waals surface area contributed by atoms with Crippen LogP contribution in [0, 0.1) is 29.1 Å². The van der Waals surface area contributed by atoms with Crippen molar-refractivity contribution in [3.8, 4) is 0 Å². The van der Waals surface area contributed by atoms with E-state index in [1.807, 2.05) is 48.7 Å². The zero-order valence-electron chi connectivity index (χ0n) is 17.9. The van der Waals surface area contributed by atoms with Crippen LogP contribution >= 0.6 is 11.6 Å². The van der Waals surface area contributed by atoms with Crippen molar-refractivity contribution in [2.45, 2.75) is 19.4 Å². The van der Waals surface area contributed by atoms with Gasteiger partial charge in [-0.05, 0) is 47.8 Å². The van der Waals surface area contributed by atoms with E-state index in [1.54, 1.807) is 6.21 Å². The van der Waals surface area contributed by atoms with Gasteiger partial charge in [-0.2, -0.15) is 10.1 Å². The number of hydrogen-bond donors (Lipinski definition) is 0. The number of rotatable bonds is 4. The van der Waals surface area contributed by atoms with Gasteiger partial charge in [0.2, 0.25) is 0 Å². The summed E-state index contributed by atoms with van der Waals surface area (Å²) in [6.45, 7) is 0.622. The van der Waals surface area contributed by atoms with Crippen molar-refractivity contribution < 1.29 is 9.59 Å². The van der Waals surface area contributed by atoms with Crippen LogP contribution in [0.15, 0.2) is 72.0 Å². The van der Waals surface area contributed by atoms with Crippen LogP contribution in [0.3, 0.4) is 0 Å². The average Bonchev–Trinajstić information content (AvgIpc) is 3.27. The third kappa shape index (κ3) is 2.57. The second kappa shape index (κ2) is 6.67. The minimum Gasteiger partial charge on any atom is -0.342 e. The average molecular weight is 456 g/mol. The van der Waals surface area contributed by atoms with Gasteiger partial charge >= 0.3 is 0 Å². The fourth-order valence-electron chi connectivity index (χ4n) is 6.62. The lowest BCUT2D eigenvalue weighted by Crippen LogP contribution is -2.30. The van der Waals surface area contributed by atoms with E-state index in [0.717, 1.165) is 44.9 Å². The van der Waals surface area contributed by atoms with Crippen molar-refractivity contribution >= 4 is 40.5 Å². The second-order valence-electron chi connectivity index (χ2n) is 9.77. The zero-order chi connectivity index (χ0) is 22.3. The standard InChI is InChI=1S/C27H22ClN3O2/c28-21-7-3-1-5-16(21)14-30-15-17(18-6-2-4-8-22(18)30)13-29-31-25(32)23-19-9-10-20(24(23)26(31)33)27(19)11-12-27/h1-10,13,15,19-20,23-24H,11-12,14H2/b29-13-/t19-,20-,23-,24-/m0/s1. The Labute approximate surface area is 196 Å². The summed E-state index contributed by atoms with van der Waals surface area (Å²) in [5, 5.41) is 7.31. The summed E-state index contributed by atoms with van der Waals surface area (Å²) in [7, 11) is 0. The first-order valence-electron chi connectivity index (χ1n) is 11.5. The van der Waals surface area contributed by atoms with Crippen LogP contribution in [0.2, 0.25) is 5.02 Å². The van der Waals surface area contributed by atoms with Gasteiger partial charge in [-0.3, -0.25) is 9.59 Å². The fraction of sp³-hybridized carbons (Fsp3) is 0.296. The van der Waals surface area contributed by atoms with Crippen molar-refractivity contribution in [3.63, 3.8) is 0 Å². The molecule has 2 saturated carbocycles. The summed E-state index contributed by atoms with van der Waals surface area (Å²) >= 11 is 6.38. The molecule has 0 N–H and O–H groups in total. The summed E-state index contributed by atoms with van der Waals surface area (Å²) in [6.07, 6.45) is 10.3. The lowest BCUT2D eigenvalue weighted by Gasteiger charge is -2.18. The molecule has 4 atom stereocenters. The lowest BCUT2D eigenvalue weighted by atomic mass is 9.85. The Kier molecular flexibility index (Phi) is 3.90. The zero-order valence-corrected chi connectivity index (χ0v) is 18.7. The normalized spacial score (nSPS) is 28.7. The highest BCUT2D eigenvalue weighted by molar-refractivity contribution is 6.31. The molecule has 2 aromatic carbocycles. The molecule has 7 rings (SSSR count). The summed E-state index contributed by atoms with van der Waals surface area (Å²) in [6, 6.07) is 15.9. The van der Waals surface area contributed by atoms with Crippen LogP contribution in [-0.2, 0) is 16.1 Å². The first kappa shape index (κ1) is 19.3. The van der Waals surface area contributed by atoms with Gasteiger partial charge in [-0.25, -0.2) is 0 Å². The Bertz CT molecular complexity index is 1370. The number of amides is 2. The Morgan fingerprint density at radius 1 is 0.970 bits per heavy atom. The number of para-hydroxylation sites is 1. The SMILES string of the molecule is O=C1[C@@H]2[C@@H](C(=O)N1/N=C\c1cn(Cc3ccccc3Cl)c3ccccc13)[C@@H]1C=C[C@@H]2C12CC2. The largest absolute Gasteiger partial charge is 0.342 e. The predicted molar refractivity (Wildman–Crippen MR) is 127 cm³/mol. The van der Waals surface area contributed by atoms with Gasteiger partial charge in [0.25, 0.3) is 11.8 Å². The van der Waals surface area contributed by atoms with E-state index in [4.69, 9.17) is 11.6 Å². The van der Waals surface area contributed by atoms with Crippen LogP contribution in [0.5, 0.6) is 0 Å². The molecule has 33 heavy (non-hydrogen) atoms. The number of hydrazone groups is 1. The maximum Gasteiger partial charge on any atom is 0.254 e. The predicted octanol–water partition coefficient (Wildman–Crippen LogP) is 4.87. The minimum atomic E-state index is -0.228. The Morgan fingerprint density at radius 2 is 1.64 bits per heavy atom. The second-order valence-corrected chi connectivity index (χ2v) is 10.2. The summed E-state index contributed by atoms with van der Waals surface area (Å²) in [4.78, 5) is 26.4. The van der Waals surface area contributed by atoms with Crippen molar-refractivity contribution in [3.05, 3.63) is 83.0 Å². The molecule has 1 aliphatic heterocycles. The highest BCUT2D eigenvalue weighted by Gasteiger charge is 2.73. The molecule has 1 saturated heterocycles. The molecule has 1 aromatic heterocycles. The molecule has 164 valence electrons. The van der Waals surface area contributed by atoms with Gasteiger partial charge in [0.1, 0.15) is 0 Å². The Balaban J connectivity index is 1.21. The van der Waals surface area contributed by atoms with Crippen LogP contribution in [-0.4, -0.2) is 27.6 Å². The summed E-state index contributed by atoms with van der Waals surface area (Å²) < 4.78 is 2.13. The fourth-order valence-corrected chi connectivity index (χ4v) is 6.81. The van der Waals surface area contributed by atoms with Gasteiger partial charge in [0, 0.05) is 34.2 Å². The van der Waals surface area contributed by atoms with E-state index < -0.39 is 0 Å². The number of benzene rings is 2. The Morgan fingerprint density at radius 3 is 2.33 bits per heavy atom. The molecule has 4 aliphatic rings. The van der Waals surface area contributed by atoms with Crippen LogP contribution in [0.4, 0.5) is 0 Å². The number of allylic oxidation sites excluding steroid dienone is 2. The number of hydrogen-bond acceptors (Lipinski definition) is 3. The lowest BCUT2D eigenvalue weighted by molar-refractivity contribution is -0.141. The molecule has 6 heteroatoms. The number of halogens is 1. The smallest absolute Gasteiger partial charge is 0.254 e. The van der Waals surface area contributed by atoms with Gasteiger partial charge in [-0.15, -0.1) is 0 Å². The summed E-state index contributed by atoms with van der Waals surface area (Å²) in [5.41, 5.74) is 3.14. The molecule has 1 spiro atoms. The van der Waals surface area contributed by atoms with Gasteiger partial charge in [-0.1, -0.05) is 60.2 Å². The Hall–Kier alpha value is -3.18. The van der Waals surface area contributed by atoms with E-state index in [0.29, 0.717) is 6.54 Å². The number of carbonyl (C=O) groups is 2. The van der Waals surface area contributed by atoms with E-state index in [1.165, 1.54) is 0 Å². The number of imide groups is 1. The molecule has 2 amide bonds. The number of nitrogens with zero attached hydrogens (tertiary/aromatic N) is 3. The topological polar surface area (TPSA) is 54.7 Å². The highest BCUT2D eigenvalue weighted by Crippen LogP contribution is 2.73. The molecule has 2 bridgehead atoms. The van der Waals surface area contributed by atoms with Gasteiger partial charge < -0.3 is 4.57 Å². The van der Waals surface area contributed by atoms with Crippen molar-refractivity contribution in [1.82, 2.24) is 9.58 Å². The summed E-state index contributed by atoms with van der Waals surface area (Å²) in [5.74, 6) is -0.306. The molecule has 2 heterocycles. The van der Waals surface area contributed by atoms with Crippen molar-refractivity contribution in [2.75, 3.05) is 0 Å². The van der Waals surface area contributed by atoms with Gasteiger partial charge in [0.15, 0.2) is 0 Å². The minimum absolute atomic E-state index is 0.135. The van der Waals surface area contributed by atoms with Crippen LogP contribution < -0.4 is 0 Å². The molecular formula is C27H22ClN3O2. The van der Waals surface area contributed by atoms with E-state index >= 15 is 0 Å². The van der Waals surface area contributed by atoms with E-state index in [2.05, 4.69) is 27.9 Å². The molecule has 3 fully saturated rings. The monoisotopic (exact) mass is 455 g/mol. The third-order valence-electron chi connectivity index (χ3n) is 8.26. The van der Waals surface area contributed by atoms with E-state index in [9.17, 15) is 9.59 Å². The first-order chi connectivity index (χ1) is 16.1. The maximum atomic E-state index is 13.2. The van der Waals surface area contributed by atoms with Crippen LogP contribution in [0.1, 0.15) is 24.0 Å². The molecule has 0 unspecified atom stereocenters. The molecular weight excluding hydrogens is 434 g/mol. The molecule has 0 radical (unpaired) electrons. The number of aromatic nitrogens is 1. The molecule has 3 aliphatic carbocycles. The van der Waals surface area contributed by atoms with Gasteiger partial charge in [0.05, 0.1) is 18.1 Å². The quantitative estimate of drug-likeness (QED) is 0.320. The first-order valence-corrected chi connectivity index (χ1v) is 11.9. The molecule has 3 aromatic rings. The maximum absolute atomic E-state index is 13.2.